The van der Waals surface area contributed by atoms with Crippen molar-refractivity contribution < 1.29 is 33.2 Å². The highest BCUT2D eigenvalue weighted by Crippen LogP contribution is 2.23. The minimum atomic E-state index is -1.71. The van der Waals surface area contributed by atoms with Gasteiger partial charge in [0.2, 0.25) is 11.8 Å². The van der Waals surface area contributed by atoms with Crippen LogP contribution in [0.4, 0.5) is 10.6 Å². The second-order valence-electron chi connectivity index (χ2n) is 8.92. The third-order valence-corrected chi connectivity index (χ3v) is 6.15. The molecule has 1 heterocycles. The smallest absolute Gasteiger partial charge is 0.407 e. The van der Waals surface area contributed by atoms with Gasteiger partial charge in [-0.3, -0.25) is 19.8 Å². The molecule has 0 saturated heterocycles. The van der Waals surface area contributed by atoms with E-state index in [4.69, 9.17) is 30.9 Å². The Morgan fingerprint density at radius 2 is 1.82 bits per heavy atom. The van der Waals surface area contributed by atoms with E-state index in [0.29, 0.717) is 27.7 Å². The van der Waals surface area contributed by atoms with Crippen LogP contribution in [0.3, 0.4) is 0 Å². The van der Waals surface area contributed by atoms with Crippen molar-refractivity contribution >= 4 is 46.5 Å². The fourth-order valence-corrected chi connectivity index (χ4v) is 4.01. The van der Waals surface area contributed by atoms with Crippen LogP contribution < -0.4 is 27.4 Å². The summed E-state index contributed by atoms with van der Waals surface area (Å²) in [5.41, 5.74) is 11.7. The molecule has 2 aromatic carbocycles. The lowest BCUT2D eigenvalue weighted by Crippen LogP contribution is -2.61. The van der Waals surface area contributed by atoms with Crippen LogP contribution in [0.2, 0.25) is 0 Å². The molecular formula is C26H31N7O7. The molecule has 3 aromatic rings. The summed E-state index contributed by atoms with van der Waals surface area (Å²) in [5.74, 6) is -1.77. The first-order valence-corrected chi connectivity index (χ1v) is 12.1. The Bertz CT molecular complexity index is 1420. The number of ether oxygens (including phenoxy) is 2. The van der Waals surface area contributed by atoms with E-state index in [-0.39, 0.29) is 37.5 Å². The number of aromatic nitrogens is 1. The van der Waals surface area contributed by atoms with Crippen LogP contribution in [-0.2, 0) is 36.8 Å². The molecule has 1 atom stereocenters. The number of nitrogens with zero attached hydrogens (tertiary/aromatic N) is 1. The van der Waals surface area contributed by atoms with Crippen molar-refractivity contribution in [2.75, 3.05) is 26.5 Å². The van der Waals surface area contributed by atoms with E-state index in [0.717, 1.165) is 7.11 Å². The van der Waals surface area contributed by atoms with Crippen molar-refractivity contribution in [1.29, 1.82) is 5.41 Å². The molecule has 3 rings (SSSR count). The van der Waals surface area contributed by atoms with Gasteiger partial charge in [-0.2, -0.15) is 0 Å². The Hall–Kier alpha value is -5.14. The molecular weight excluding hydrogens is 522 g/mol. The second kappa shape index (κ2) is 13.1. The van der Waals surface area contributed by atoms with Gasteiger partial charge in [-0.25, -0.2) is 4.79 Å². The number of hydrogen-bond donors (Lipinski definition) is 6. The number of alkyl carbamates (subject to hydrolysis) is 1. The Morgan fingerprint density at radius 3 is 2.52 bits per heavy atom. The molecule has 3 amide bonds. The van der Waals surface area contributed by atoms with Gasteiger partial charge in [-0.05, 0) is 35.7 Å². The van der Waals surface area contributed by atoms with Crippen LogP contribution in [0.25, 0.3) is 11.0 Å². The number of nitrogen functional groups attached to an aromatic ring is 2. The number of carbonyl (C=O) groups is 4. The van der Waals surface area contributed by atoms with E-state index in [9.17, 15) is 19.2 Å². The summed E-state index contributed by atoms with van der Waals surface area (Å²) in [5, 5.41) is 19.8. The highest BCUT2D eigenvalue weighted by molar-refractivity contribution is 5.96. The number of anilines is 1. The average molecular weight is 554 g/mol. The van der Waals surface area contributed by atoms with E-state index < -0.39 is 36.0 Å². The first-order valence-electron chi connectivity index (χ1n) is 12.1. The maximum atomic E-state index is 13.6. The van der Waals surface area contributed by atoms with Crippen molar-refractivity contribution in [3.8, 4) is 0 Å². The number of amidine groups is 1. The monoisotopic (exact) mass is 553 g/mol. The molecule has 14 heteroatoms. The van der Waals surface area contributed by atoms with Crippen LogP contribution in [-0.4, -0.2) is 61.2 Å². The molecule has 8 N–H and O–H groups in total. The normalized spacial score (nSPS) is 12.2. The molecule has 1 unspecified atom stereocenters. The maximum Gasteiger partial charge on any atom is 0.407 e. The number of amides is 3. The van der Waals surface area contributed by atoms with E-state index in [1.165, 1.54) is 7.11 Å². The molecule has 0 spiro atoms. The summed E-state index contributed by atoms with van der Waals surface area (Å²) in [6, 6.07) is 11.7. The SMILES string of the molecule is COC(=O)CCC(Cc1cccc(C(=N)N)c1)(NC(=O)OC)C(=O)NCC(=O)NCc1ccc2c(N)noc2c1. The van der Waals surface area contributed by atoms with E-state index in [2.05, 4.69) is 21.1 Å². The predicted molar refractivity (Wildman–Crippen MR) is 144 cm³/mol. The standard InChI is InChI=1S/C26H31N7O7/c1-38-21(35)8-9-26(32-25(37)39-2,12-15-4-3-5-17(10-15)22(27)28)24(36)31-14-20(34)30-13-16-6-7-18-19(11-16)40-33-23(18)29/h3-7,10-11H,8-9,12-14H2,1-2H3,(H3,27,28)(H2,29,33)(H,30,34)(H,31,36)(H,32,37). The number of fused-ring (bicyclic) bond motifs is 1. The molecule has 0 saturated carbocycles. The summed E-state index contributed by atoms with van der Waals surface area (Å²) in [4.78, 5) is 50.4. The number of hydrogen-bond acceptors (Lipinski definition) is 10. The third-order valence-electron chi connectivity index (χ3n) is 6.15. The average Bonchev–Trinajstić information content (AvgIpc) is 3.32. The zero-order valence-electron chi connectivity index (χ0n) is 22.0. The van der Waals surface area contributed by atoms with Gasteiger partial charge in [0.25, 0.3) is 0 Å². The summed E-state index contributed by atoms with van der Waals surface area (Å²) in [7, 11) is 2.33. The van der Waals surface area contributed by atoms with Crippen LogP contribution in [0.1, 0.15) is 29.5 Å². The molecule has 0 bridgehead atoms. The lowest BCUT2D eigenvalue weighted by Gasteiger charge is -2.33. The van der Waals surface area contributed by atoms with Gasteiger partial charge in [0, 0.05) is 24.9 Å². The first-order chi connectivity index (χ1) is 19.1. The summed E-state index contributed by atoms with van der Waals surface area (Å²) in [6.45, 7) is -0.288. The maximum absolute atomic E-state index is 13.6. The van der Waals surface area contributed by atoms with Gasteiger partial charge in [-0.15, -0.1) is 0 Å². The van der Waals surface area contributed by atoms with Gasteiger partial charge in [0.1, 0.15) is 11.4 Å². The molecule has 0 radical (unpaired) electrons. The summed E-state index contributed by atoms with van der Waals surface area (Å²) >= 11 is 0. The second-order valence-corrected chi connectivity index (χ2v) is 8.92. The van der Waals surface area contributed by atoms with Crippen molar-refractivity contribution in [2.45, 2.75) is 31.3 Å². The zero-order valence-corrected chi connectivity index (χ0v) is 22.0. The Kier molecular flexibility index (Phi) is 9.62. The molecule has 1 aromatic heterocycles. The molecule has 212 valence electrons. The number of methoxy groups -OCH3 is 2. The Labute approximate surface area is 229 Å². The number of benzene rings is 2. The summed E-state index contributed by atoms with van der Waals surface area (Å²) in [6.07, 6.45) is -1.42. The largest absolute Gasteiger partial charge is 0.469 e. The molecule has 0 aliphatic rings. The van der Waals surface area contributed by atoms with Crippen molar-refractivity contribution in [1.82, 2.24) is 21.1 Å². The van der Waals surface area contributed by atoms with Gasteiger partial charge in [0.15, 0.2) is 11.4 Å². The molecule has 14 nitrogen and oxygen atoms in total. The van der Waals surface area contributed by atoms with Gasteiger partial charge >= 0.3 is 12.1 Å². The van der Waals surface area contributed by atoms with E-state index in [1.807, 2.05) is 0 Å². The number of rotatable bonds is 12. The van der Waals surface area contributed by atoms with E-state index >= 15 is 0 Å². The predicted octanol–water partition coefficient (Wildman–Crippen LogP) is 0.717. The van der Waals surface area contributed by atoms with Crippen LogP contribution in [0.15, 0.2) is 47.0 Å². The quantitative estimate of drug-likeness (QED) is 0.105. The number of carbonyl (C=O) groups excluding carboxylic acids is 4. The van der Waals surface area contributed by atoms with Crippen molar-refractivity contribution in [2.24, 2.45) is 5.73 Å². The van der Waals surface area contributed by atoms with Crippen molar-refractivity contribution in [3.63, 3.8) is 0 Å². The van der Waals surface area contributed by atoms with Gasteiger partial charge < -0.3 is 41.4 Å². The van der Waals surface area contributed by atoms with Crippen LogP contribution >= 0.6 is 0 Å². The first kappa shape index (κ1) is 29.4. The number of nitrogens with one attached hydrogen (secondary N) is 4. The molecule has 0 fully saturated rings. The Balaban J connectivity index is 1.76. The zero-order chi connectivity index (χ0) is 29.3. The Morgan fingerprint density at radius 1 is 1.05 bits per heavy atom. The lowest BCUT2D eigenvalue weighted by molar-refractivity contribution is -0.141. The highest BCUT2D eigenvalue weighted by atomic mass is 16.5. The van der Waals surface area contributed by atoms with Gasteiger partial charge in [-0.1, -0.05) is 29.4 Å². The molecule has 40 heavy (non-hydrogen) atoms. The lowest BCUT2D eigenvalue weighted by atomic mass is 9.84. The highest BCUT2D eigenvalue weighted by Gasteiger charge is 2.41. The third kappa shape index (κ3) is 7.46. The van der Waals surface area contributed by atoms with Crippen LogP contribution in [0, 0.1) is 5.41 Å². The molecule has 0 aliphatic carbocycles. The van der Waals surface area contributed by atoms with E-state index in [1.54, 1.807) is 42.5 Å². The van der Waals surface area contributed by atoms with Crippen LogP contribution in [0.5, 0.6) is 0 Å². The minimum Gasteiger partial charge on any atom is -0.469 e. The topological polar surface area (TPSA) is 225 Å². The number of nitrogens with two attached hydrogens (primary N) is 2. The molecule has 0 aliphatic heterocycles. The fourth-order valence-electron chi connectivity index (χ4n) is 4.01. The minimum absolute atomic E-state index is 0.103. The fraction of sp³-hybridized carbons (Fsp3) is 0.308. The summed E-state index contributed by atoms with van der Waals surface area (Å²) < 4.78 is 14.6. The number of esters is 1. The van der Waals surface area contributed by atoms with Gasteiger partial charge in [0.05, 0.1) is 26.2 Å². The van der Waals surface area contributed by atoms with Crippen molar-refractivity contribution in [3.05, 3.63) is 59.2 Å².